The zero-order valence-electron chi connectivity index (χ0n) is 13.9. The molecule has 0 saturated carbocycles. The molecule has 1 fully saturated rings. The number of hydrogen-bond acceptors (Lipinski definition) is 5. The molecule has 1 amide bonds. The number of carbonyl (C=O) groups excluding carboxylic acids is 1. The van der Waals surface area contributed by atoms with Gasteiger partial charge in [0.1, 0.15) is 12.1 Å². The number of carbonyl (C=O) groups is 1. The molecular weight excluding hydrogens is 318 g/mol. The Labute approximate surface area is 145 Å². The van der Waals surface area contributed by atoms with Gasteiger partial charge in [-0.25, -0.2) is 9.78 Å². The number of benzene rings is 1. The molecule has 1 aliphatic heterocycles. The van der Waals surface area contributed by atoms with Crippen LogP contribution in [0, 0.1) is 0 Å². The summed E-state index contributed by atoms with van der Waals surface area (Å²) in [5.74, 6) is 0. The topological polar surface area (TPSA) is 83.1 Å². The summed E-state index contributed by atoms with van der Waals surface area (Å²) in [5.41, 5.74) is 4.80. The molecular formula is C18H19N5O2. The second-order valence-electron chi connectivity index (χ2n) is 6.03. The van der Waals surface area contributed by atoms with Crippen LogP contribution in [0.1, 0.15) is 24.1 Å². The van der Waals surface area contributed by atoms with E-state index in [2.05, 4.69) is 27.2 Å². The van der Waals surface area contributed by atoms with Gasteiger partial charge in [0.2, 0.25) is 0 Å². The zero-order valence-corrected chi connectivity index (χ0v) is 13.9. The van der Waals surface area contributed by atoms with E-state index >= 15 is 0 Å². The Kier molecular flexibility index (Phi) is 4.07. The second kappa shape index (κ2) is 6.52. The van der Waals surface area contributed by atoms with Crippen molar-refractivity contribution in [1.82, 2.24) is 20.3 Å². The van der Waals surface area contributed by atoms with Crippen molar-refractivity contribution in [2.45, 2.75) is 19.5 Å². The van der Waals surface area contributed by atoms with Crippen LogP contribution in [0.4, 0.5) is 10.5 Å². The molecule has 3 aromatic rings. The third-order valence-corrected chi connectivity index (χ3v) is 4.45. The molecule has 7 heteroatoms. The van der Waals surface area contributed by atoms with E-state index in [1.54, 1.807) is 17.3 Å². The van der Waals surface area contributed by atoms with Gasteiger partial charge in [-0.2, -0.15) is 0 Å². The number of cyclic esters (lactones) is 1. The van der Waals surface area contributed by atoms with E-state index in [0.717, 1.165) is 28.0 Å². The Morgan fingerprint density at radius 3 is 2.84 bits per heavy atom. The lowest BCUT2D eigenvalue weighted by molar-refractivity contribution is 0.181. The zero-order chi connectivity index (χ0) is 17.2. The van der Waals surface area contributed by atoms with Crippen molar-refractivity contribution >= 4 is 22.9 Å². The number of fused-ring (bicyclic) bond motifs is 1. The molecule has 1 aliphatic rings. The van der Waals surface area contributed by atoms with Gasteiger partial charge in [-0.3, -0.25) is 9.88 Å². The Bertz CT molecular complexity index is 890. The van der Waals surface area contributed by atoms with Gasteiger partial charge < -0.3 is 15.0 Å². The Morgan fingerprint density at radius 2 is 2.08 bits per heavy atom. The largest absolute Gasteiger partial charge is 0.447 e. The summed E-state index contributed by atoms with van der Waals surface area (Å²) in [6.45, 7) is 3.86. The van der Waals surface area contributed by atoms with Gasteiger partial charge in [0.05, 0.1) is 6.54 Å². The highest BCUT2D eigenvalue weighted by molar-refractivity contribution is 5.89. The molecule has 1 unspecified atom stereocenters. The second-order valence-corrected chi connectivity index (χ2v) is 6.03. The lowest BCUT2D eigenvalue weighted by Gasteiger charge is -2.17. The number of aromatic amines is 1. The number of amides is 1. The summed E-state index contributed by atoms with van der Waals surface area (Å²) < 4.78 is 4.97. The van der Waals surface area contributed by atoms with E-state index in [-0.39, 0.29) is 12.1 Å². The molecule has 2 aromatic heterocycles. The lowest BCUT2D eigenvalue weighted by atomic mass is 10.1. The molecule has 25 heavy (non-hydrogen) atoms. The molecule has 128 valence electrons. The van der Waals surface area contributed by atoms with E-state index in [1.165, 1.54) is 0 Å². The first-order valence-corrected chi connectivity index (χ1v) is 8.27. The lowest BCUT2D eigenvalue weighted by Crippen LogP contribution is -2.23. The number of hydrogen-bond donors (Lipinski definition) is 2. The maximum atomic E-state index is 11.6. The highest BCUT2D eigenvalue weighted by atomic mass is 16.6. The Hall–Kier alpha value is -2.93. The van der Waals surface area contributed by atoms with E-state index in [9.17, 15) is 4.79 Å². The monoisotopic (exact) mass is 337 g/mol. The first-order chi connectivity index (χ1) is 12.2. The minimum Gasteiger partial charge on any atom is -0.447 e. The molecule has 0 radical (unpaired) electrons. The average molecular weight is 337 g/mol. The molecule has 1 saturated heterocycles. The van der Waals surface area contributed by atoms with Crippen molar-refractivity contribution in [3.63, 3.8) is 0 Å². The number of rotatable bonds is 5. The minimum absolute atomic E-state index is 0.168. The van der Waals surface area contributed by atoms with Crippen LogP contribution in [0.2, 0.25) is 0 Å². The van der Waals surface area contributed by atoms with Gasteiger partial charge in [0.15, 0.2) is 5.65 Å². The van der Waals surface area contributed by atoms with Gasteiger partial charge in [-0.1, -0.05) is 12.1 Å². The number of nitrogens with one attached hydrogen (secondary N) is 2. The molecule has 1 aromatic carbocycles. The van der Waals surface area contributed by atoms with Crippen LogP contribution in [-0.2, 0) is 11.3 Å². The summed E-state index contributed by atoms with van der Waals surface area (Å²) in [6, 6.07) is 8.15. The average Bonchev–Trinajstić information content (AvgIpc) is 3.26. The van der Waals surface area contributed by atoms with E-state index in [0.29, 0.717) is 19.7 Å². The van der Waals surface area contributed by atoms with Crippen molar-refractivity contribution in [2.24, 2.45) is 0 Å². The van der Waals surface area contributed by atoms with Crippen molar-refractivity contribution in [2.75, 3.05) is 18.1 Å². The van der Waals surface area contributed by atoms with Crippen LogP contribution in [0.5, 0.6) is 0 Å². The van der Waals surface area contributed by atoms with Crippen LogP contribution in [-0.4, -0.2) is 34.2 Å². The molecule has 2 N–H and O–H groups in total. The maximum Gasteiger partial charge on any atom is 0.414 e. The predicted molar refractivity (Wildman–Crippen MR) is 94.3 cm³/mol. The summed E-state index contributed by atoms with van der Waals surface area (Å²) in [5, 5.41) is 3.50. The summed E-state index contributed by atoms with van der Waals surface area (Å²) >= 11 is 0. The van der Waals surface area contributed by atoms with Crippen molar-refractivity contribution in [1.29, 1.82) is 0 Å². The van der Waals surface area contributed by atoms with Gasteiger partial charge in [0, 0.05) is 42.4 Å². The molecule has 7 nitrogen and oxygen atoms in total. The van der Waals surface area contributed by atoms with E-state index < -0.39 is 0 Å². The SMILES string of the molecule is CC(NCc1c[nH]c2nccnc12)c1ccc(N2CCOC2=O)cc1. The number of nitrogens with zero attached hydrogens (tertiary/aromatic N) is 3. The van der Waals surface area contributed by atoms with Crippen molar-refractivity contribution < 1.29 is 9.53 Å². The Morgan fingerprint density at radius 1 is 1.28 bits per heavy atom. The van der Waals surface area contributed by atoms with Gasteiger partial charge in [-0.05, 0) is 24.6 Å². The fraction of sp³-hybridized carbons (Fsp3) is 0.278. The van der Waals surface area contributed by atoms with Gasteiger partial charge in [-0.15, -0.1) is 0 Å². The smallest absolute Gasteiger partial charge is 0.414 e. The molecule has 4 rings (SSSR count). The van der Waals surface area contributed by atoms with Crippen LogP contribution in [0.3, 0.4) is 0 Å². The van der Waals surface area contributed by atoms with E-state index in [1.807, 2.05) is 30.5 Å². The fourth-order valence-corrected chi connectivity index (χ4v) is 2.99. The van der Waals surface area contributed by atoms with Gasteiger partial charge >= 0.3 is 6.09 Å². The van der Waals surface area contributed by atoms with Crippen molar-refractivity contribution in [3.05, 3.63) is 54.0 Å². The summed E-state index contributed by atoms with van der Waals surface area (Å²) in [4.78, 5) is 25.0. The van der Waals surface area contributed by atoms with Gasteiger partial charge in [0.25, 0.3) is 0 Å². The standard InChI is InChI=1S/C18H19N5O2/c1-12(21-10-14-11-22-17-16(14)19-6-7-20-17)13-2-4-15(5-3-13)23-8-9-25-18(23)24/h2-7,11-12,21H,8-10H2,1H3,(H,20,22). The molecule has 3 heterocycles. The summed E-state index contributed by atoms with van der Waals surface area (Å²) in [6.07, 6.45) is 5.04. The first-order valence-electron chi connectivity index (χ1n) is 8.27. The highest BCUT2D eigenvalue weighted by Gasteiger charge is 2.23. The van der Waals surface area contributed by atoms with Crippen LogP contribution in [0.25, 0.3) is 11.2 Å². The van der Waals surface area contributed by atoms with Crippen LogP contribution < -0.4 is 10.2 Å². The number of anilines is 1. The predicted octanol–water partition coefficient (Wildman–Crippen LogP) is 2.77. The number of H-pyrrole nitrogens is 1. The quantitative estimate of drug-likeness (QED) is 0.748. The molecule has 0 spiro atoms. The summed E-state index contributed by atoms with van der Waals surface area (Å²) in [7, 11) is 0. The van der Waals surface area contributed by atoms with Crippen LogP contribution >= 0.6 is 0 Å². The number of ether oxygens (including phenoxy) is 1. The number of aromatic nitrogens is 3. The first kappa shape index (κ1) is 15.6. The Balaban J connectivity index is 1.42. The third-order valence-electron chi connectivity index (χ3n) is 4.45. The molecule has 1 atom stereocenters. The molecule has 0 bridgehead atoms. The maximum absolute atomic E-state index is 11.6. The van der Waals surface area contributed by atoms with Crippen molar-refractivity contribution in [3.8, 4) is 0 Å². The van der Waals surface area contributed by atoms with E-state index in [4.69, 9.17) is 4.74 Å². The molecule has 0 aliphatic carbocycles. The minimum atomic E-state index is -0.278. The van der Waals surface area contributed by atoms with Crippen LogP contribution in [0.15, 0.2) is 42.9 Å². The fourth-order valence-electron chi connectivity index (χ4n) is 2.99. The highest BCUT2D eigenvalue weighted by Crippen LogP contribution is 2.22. The normalized spacial score (nSPS) is 15.6. The third kappa shape index (κ3) is 3.06.